The average molecular weight is 297 g/mol. The van der Waals surface area contributed by atoms with Crippen LogP contribution in [-0.2, 0) is 0 Å². The monoisotopic (exact) mass is 297 g/mol. The van der Waals surface area contributed by atoms with Gasteiger partial charge in [0.05, 0.1) is 8.60 Å². The van der Waals surface area contributed by atoms with Crippen LogP contribution in [0, 0.1) is 9.52 Å². The van der Waals surface area contributed by atoms with Gasteiger partial charge in [-0.3, -0.25) is 0 Å². The van der Waals surface area contributed by atoms with Crippen LogP contribution in [0.25, 0.3) is 0 Å². The summed E-state index contributed by atoms with van der Waals surface area (Å²) in [6, 6.07) is 3.59. The van der Waals surface area contributed by atoms with E-state index in [0.29, 0.717) is 8.82 Å². The van der Waals surface area contributed by atoms with Crippen molar-refractivity contribution in [2.75, 3.05) is 0 Å². The molecule has 66 valence electrons. The molecule has 4 heteroatoms. The van der Waals surface area contributed by atoms with Gasteiger partial charge in [0.1, 0.15) is 0 Å². The smallest absolute Gasteiger partial charge is 0.212 e. The number of nitrogens with zero attached hydrogens (tertiary/aromatic N) is 1. The first kappa shape index (κ1) is 10.2. The Bertz CT molecular complexity index is 278. The van der Waals surface area contributed by atoms with Crippen molar-refractivity contribution in [3.05, 3.63) is 21.7 Å². The standard InChI is InChI=1S/C8H9FINS/c1-5(2)12-7-4-3-6(10)8(9)11-7/h3-5H,1-2H3. The van der Waals surface area contributed by atoms with Crippen LogP contribution in [0.1, 0.15) is 13.8 Å². The number of hydrogen-bond acceptors (Lipinski definition) is 2. The van der Waals surface area contributed by atoms with Crippen LogP contribution in [0.5, 0.6) is 0 Å². The molecule has 1 heterocycles. The van der Waals surface area contributed by atoms with Crippen molar-refractivity contribution in [1.82, 2.24) is 4.98 Å². The summed E-state index contributed by atoms with van der Waals surface area (Å²) in [5.74, 6) is -0.374. The zero-order valence-corrected chi connectivity index (χ0v) is 9.82. The minimum atomic E-state index is -0.374. The SMILES string of the molecule is CC(C)Sc1ccc(I)c(F)n1. The second-order valence-electron chi connectivity index (χ2n) is 2.59. The van der Waals surface area contributed by atoms with Gasteiger partial charge in [-0.05, 0) is 34.7 Å². The quantitative estimate of drug-likeness (QED) is 0.472. The Morgan fingerprint density at radius 2 is 2.17 bits per heavy atom. The molecular weight excluding hydrogens is 288 g/mol. The summed E-state index contributed by atoms with van der Waals surface area (Å²) < 4.78 is 13.5. The molecule has 1 rings (SSSR count). The van der Waals surface area contributed by atoms with E-state index in [1.807, 2.05) is 28.7 Å². The van der Waals surface area contributed by atoms with Crippen LogP contribution in [0.3, 0.4) is 0 Å². The van der Waals surface area contributed by atoms with Crippen molar-refractivity contribution in [2.45, 2.75) is 24.1 Å². The van der Waals surface area contributed by atoms with E-state index in [1.165, 1.54) is 0 Å². The Hall–Kier alpha value is 0.160. The molecule has 0 aliphatic carbocycles. The molecule has 0 saturated heterocycles. The minimum absolute atomic E-state index is 0.374. The fraction of sp³-hybridized carbons (Fsp3) is 0.375. The maximum absolute atomic E-state index is 12.9. The van der Waals surface area contributed by atoms with E-state index in [4.69, 9.17) is 0 Å². The summed E-state index contributed by atoms with van der Waals surface area (Å²) in [4.78, 5) is 3.80. The van der Waals surface area contributed by atoms with Gasteiger partial charge in [-0.1, -0.05) is 13.8 Å². The molecule has 0 unspecified atom stereocenters. The lowest BCUT2D eigenvalue weighted by Gasteiger charge is -2.03. The molecule has 0 bridgehead atoms. The zero-order valence-electron chi connectivity index (χ0n) is 6.84. The van der Waals surface area contributed by atoms with Crippen molar-refractivity contribution >= 4 is 34.4 Å². The molecular formula is C8H9FINS. The molecule has 0 aliphatic heterocycles. The Labute approximate surface area is 89.3 Å². The molecule has 1 aromatic heterocycles. The lowest BCUT2D eigenvalue weighted by Crippen LogP contribution is -1.93. The van der Waals surface area contributed by atoms with E-state index in [1.54, 1.807) is 17.8 Å². The average Bonchev–Trinajstić information content (AvgIpc) is 1.96. The van der Waals surface area contributed by atoms with E-state index >= 15 is 0 Å². The molecule has 0 saturated carbocycles. The van der Waals surface area contributed by atoms with E-state index in [9.17, 15) is 4.39 Å². The Kier molecular flexibility index (Phi) is 3.77. The van der Waals surface area contributed by atoms with Crippen molar-refractivity contribution in [1.29, 1.82) is 0 Å². The van der Waals surface area contributed by atoms with E-state index in [-0.39, 0.29) is 5.95 Å². The van der Waals surface area contributed by atoms with Crippen LogP contribution >= 0.6 is 34.4 Å². The van der Waals surface area contributed by atoms with Gasteiger partial charge in [0.25, 0.3) is 0 Å². The molecule has 0 amide bonds. The van der Waals surface area contributed by atoms with Crippen LogP contribution in [-0.4, -0.2) is 10.2 Å². The van der Waals surface area contributed by atoms with Gasteiger partial charge < -0.3 is 0 Å². The van der Waals surface area contributed by atoms with Crippen molar-refractivity contribution in [3.8, 4) is 0 Å². The number of halogens is 2. The van der Waals surface area contributed by atoms with Gasteiger partial charge in [-0.15, -0.1) is 11.8 Å². The van der Waals surface area contributed by atoms with Gasteiger partial charge >= 0.3 is 0 Å². The number of hydrogen-bond donors (Lipinski definition) is 0. The maximum Gasteiger partial charge on any atom is 0.227 e. The predicted molar refractivity (Wildman–Crippen MR) is 57.9 cm³/mol. The van der Waals surface area contributed by atoms with Crippen LogP contribution in [0.15, 0.2) is 17.2 Å². The first-order valence-corrected chi connectivity index (χ1v) is 5.54. The molecule has 0 fully saturated rings. The number of aromatic nitrogens is 1. The van der Waals surface area contributed by atoms with E-state index < -0.39 is 0 Å². The van der Waals surface area contributed by atoms with Gasteiger partial charge in [0.2, 0.25) is 5.95 Å². The normalized spacial score (nSPS) is 10.8. The van der Waals surface area contributed by atoms with Gasteiger partial charge in [-0.25, -0.2) is 4.98 Å². The van der Waals surface area contributed by atoms with Gasteiger partial charge in [0, 0.05) is 5.25 Å². The fourth-order valence-corrected chi connectivity index (χ4v) is 1.77. The highest BCUT2D eigenvalue weighted by atomic mass is 127. The molecule has 0 radical (unpaired) electrons. The van der Waals surface area contributed by atoms with Crippen molar-refractivity contribution in [2.24, 2.45) is 0 Å². The van der Waals surface area contributed by atoms with E-state index in [2.05, 4.69) is 18.8 Å². The second kappa shape index (κ2) is 4.41. The first-order chi connectivity index (χ1) is 5.59. The Morgan fingerprint density at radius 1 is 1.50 bits per heavy atom. The topological polar surface area (TPSA) is 12.9 Å². The first-order valence-electron chi connectivity index (χ1n) is 3.58. The second-order valence-corrected chi connectivity index (χ2v) is 5.35. The predicted octanol–water partition coefficient (Wildman–Crippen LogP) is 3.33. The molecule has 0 aromatic carbocycles. The highest BCUT2D eigenvalue weighted by Gasteiger charge is 2.04. The van der Waals surface area contributed by atoms with Crippen LogP contribution in [0.2, 0.25) is 0 Å². The largest absolute Gasteiger partial charge is 0.227 e. The summed E-state index contributed by atoms with van der Waals surface area (Å²) in [6.07, 6.45) is 0. The molecule has 1 nitrogen and oxygen atoms in total. The lowest BCUT2D eigenvalue weighted by atomic mass is 10.5. The van der Waals surface area contributed by atoms with Crippen molar-refractivity contribution < 1.29 is 4.39 Å². The van der Waals surface area contributed by atoms with Crippen LogP contribution < -0.4 is 0 Å². The van der Waals surface area contributed by atoms with Gasteiger partial charge in [-0.2, -0.15) is 4.39 Å². The molecule has 0 N–H and O–H groups in total. The van der Waals surface area contributed by atoms with Crippen LogP contribution in [0.4, 0.5) is 4.39 Å². The number of rotatable bonds is 2. The number of thioether (sulfide) groups is 1. The zero-order chi connectivity index (χ0) is 9.14. The summed E-state index contributed by atoms with van der Waals surface area (Å²) in [5, 5.41) is 1.19. The summed E-state index contributed by atoms with van der Waals surface area (Å²) in [6.45, 7) is 4.12. The molecule has 0 atom stereocenters. The summed E-state index contributed by atoms with van der Waals surface area (Å²) >= 11 is 3.49. The minimum Gasteiger partial charge on any atom is -0.212 e. The third kappa shape index (κ3) is 2.90. The third-order valence-electron chi connectivity index (χ3n) is 1.13. The molecule has 12 heavy (non-hydrogen) atoms. The maximum atomic E-state index is 12.9. The summed E-state index contributed by atoms with van der Waals surface area (Å²) in [7, 11) is 0. The number of pyridine rings is 1. The highest BCUT2D eigenvalue weighted by Crippen LogP contribution is 2.21. The Balaban J connectivity index is 2.82. The van der Waals surface area contributed by atoms with E-state index in [0.717, 1.165) is 5.03 Å². The molecule has 1 aromatic rings. The fourth-order valence-electron chi connectivity index (χ4n) is 0.708. The molecule has 0 aliphatic rings. The van der Waals surface area contributed by atoms with Crippen molar-refractivity contribution in [3.63, 3.8) is 0 Å². The third-order valence-corrected chi connectivity index (χ3v) is 2.88. The Morgan fingerprint density at radius 3 is 2.67 bits per heavy atom. The summed E-state index contributed by atoms with van der Waals surface area (Å²) in [5.41, 5.74) is 0. The highest BCUT2D eigenvalue weighted by molar-refractivity contribution is 14.1. The lowest BCUT2D eigenvalue weighted by molar-refractivity contribution is 0.564. The molecule has 0 spiro atoms. The van der Waals surface area contributed by atoms with Gasteiger partial charge in [0.15, 0.2) is 0 Å².